The number of carbonyl (C=O) groups is 1. The van der Waals surface area contributed by atoms with Crippen LogP contribution in [0.2, 0.25) is 0 Å². The van der Waals surface area contributed by atoms with Crippen LogP contribution >= 0.6 is 0 Å². The largest absolute Gasteiger partial charge is 0.385 e. The third kappa shape index (κ3) is 6.27. The van der Waals surface area contributed by atoms with Gasteiger partial charge in [-0.1, -0.05) is 19.1 Å². The molecule has 1 aliphatic rings. The van der Waals surface area contributed by atoms with Crippen LogP contribution in [0, 0.1) is 0 Å². The molecule has 1 aliphatic heterocycles. The van der Waals surface area contributed by atoms with Crippen LogP contribution < -0.4 is 5.32 Å². The Kier molecular flexibility index (Phi) is 8.69. The fourth-order valence-electron chi connectivity index (χ4n) is 3.08. The van der Waals surface area contributed by atoms with Gasteiger partial charge in [0.1, 0.15) is 0 Å². The SMILES string of the molecule is CCc1ccc(S(=O)(=O)N(CCCOC)CCC(=O)N2CCNCC2)cc1. The average molecular weight is 398 g/mol. The zero-order valence-corrected chi connectivity index (χ0v) is 17.1. The van der Waals surface area contributed by atoms with E-state index in [4.69, 9.17) is 4.74 Å². The van der Waals surface area contributed by atoms with Gasteiger partial charge in [0.15, 0.2) is 0 Å². The van der Waals surface area contributed by atoms with Gasteiger partial charge in [-0.15, -0.1) is 0 Å². The fraction of sp³-hybridized carbons (Fsp3) is 0.632. The molecule has 1 aromatic rings. The van der Waals surface area contributed by atoms with Crippen LogP contribution in [-0.4, -0.2) is 76.5 Å². The second kappa shape index (κ2) is 10.8. The van der Waals surface area contributed by atoms with E-state index in [1.807, 2.05) is 19.1 Å². The van der Waals surface area contributed by atoms with Gasteiger partial charge in [-0.05, 0) is 30.5 Å². The molecule has 0 aliphatic carbocycles. The van der Waals surface area contributed by atoms with Gasteiger partial charge in [-0.2, -0.15) is 4.31 Å². The smallest absolute Gasteiger partial charge is 0.243 e. The lowest BCUT2D eigenvalue weighted by Gasteiger charge is -2.29. The Bertz CT molecular complexity index is 685. The quantitative estimate of drug-likeness (QED) is 0.598. The number of sulfonamides is 1. The molecule has 0 atom stereocenters. The summed E-state index contributed by atoms with van der Waals surface area (Å²) < 4.78 is 32.6. The summed E-state index contributed by atoms with van der Waals surface area (Å²) in [6, 6.07) is 6.98. The highest BCUT2D eigenvalue weighted by Crippen LogP contribution is 2.18. The standard InChI is InChI=1S/C19H31N3O4S/c1-3-17-5-7-18(8-6-17)27(24,25)22(12-4-16-26-2)13-9-19(23)21-14-10-20-11-15-21/h5-8,20H,3-4,9-16H2,1-2H3. The van der Waals surface area contributed by atoms with Gasteiger partial charge in [0.25, 0.3) is 0 Å². The summed E-state index contributed by atoms with van der Waals surface area (Å²) in [6.45, 7) is 5.94. The maximum Gasteiger partial charge on any atom is 0.243 e. The molecule has 1 saturated heterocycles. The van der Waals surface area contributed by atoms with E-state index in [9.17, 15) is 13.2 Å². The number of rotatable bonds is 10. The third-order valence-electron chi connectivity index (χ3n) is 4.77. The Balaban J connectivity index is 2.07. The Hall–Kier alpha value is -1.48. The molecule has 1 amide bonds. The van der Waals surface area contributed by atoms with Crippen molar-refractivity contribution < 1.29 is 17.9 Å². The predicted molar refractivity (Wildman–Crippen MR) is 105 cm³/mol. The molecule has 1 fully saturated rings. The molecule has 0 saturated carbocycles. The number of hydrogen-bond donors (Lipinski definition) is 1. The highest BCUT2D eigenvalue weighted by Gasteiger charge is 2.26. The van der Waals surface area contributed by atoms with Crippen LogP contribution in [0.15, 0.2) is 29.2 Å². The van der Waals surface area contributed by atoms with Gasteiger partial charge < -0.3 is 15.0 Å². The van der Waals surface area contributed by atoms with E-state index >= 15 is 0 Å². The molecule has 27 heavy (non-hydrogen) atoms. The molecule has 2 rings (SSSR count). The Morgan fingerprint density at radius 3 is 2.44 bits per heavy atom. The first-order valence-electron chi connectivity index (χ1n) is 9.55. The Morgan fingerprint density at radius 1 is 1.19 bits per heavy atom. The first-order chi connectivity index (χ1) is 13.0. The summed E-state index contributed by atoms with van der Waals surface area (Å²) in [4.78, 5) is 14.5. The van der Waals surface area contributed by atoms with E-state index in [1.165, 1.54) is 4.31 Å². The summed E-state index contributed by atoms with van der Waals surface area (Å²) in [5, 5.41) is 3.21. The second-order valence-corrected chi connectivity index (χ2v) is 8.57. The van der Waals surface area contributed by atoms with E-state index in [2.05, 4.69) is 5.32 Å². The number of methoxy groups -OCH3 is 1. The number of hydrogen-bond acceptors (Lipinski definition) is 5. The van der Waals surface area contributed by atoms with E-state index < -0.39 is 10.0 Å². The lowest BCUT2D eigenvalue weighted by atomic mass is 10.2. The van der Waals surface area contributed by atoms with Crippen LogP contribution in [0.25, 0.3) is 0 Å². The van der Waals surface area contributed by atoms with E-state index in [-0.39, 0.29) is 23.8 Å². The minimum Gasteiger partial charge on any atom is -0.385 e. The topological polar surface area (TPSA) is 79.0 Å². The Morgan fingerprint density at radius 2 is 1.85 bits per heavy atom. The molecule has 1 aromatic carbocycles. The highest BCUT2D eigenvalue weighted by atomic mass is 32.2. The van der Waals surface area contributed by atoms with Crippen molar-refractivity contribution in [3.05, 3.63) is 29.8 Å². The second-order valence-electron chi connectivity index (χ2n) is 6.63. The molecule has 0 unspecified atom stereocenters. The molecule has 0 bridgehead atoms. The van der Waals surface area contributed by atoms with Crippen LogP contribution in [0.3, 0.4) is 0 Å². The molecule has 152 valence electrons. The van der Waals surface area contributed by atoms with Crippen molar-refractivity contribution in [3.8, 4) is 0 Å². The molecule has 7 nitrogen and oxygen atoms in total. The molecule has 1 heterocycles. The number of benzene rings is 1. The van der Waals surface area contributed by atoms with Crippen LogP contribution in [0.1, 0.15) is 25.3 Å². The first-order valence-corrected chi connectivity index (χ1v) is 11.0. The van der Waals surface area contributed by atoms with Crippen LogP contribution in [0.4, 0.5) is 0 Å². The van der Waals surface area contributed by atoms with Gasteiger partial charge >= 0.3 is 0 Å². The van der Waals surface area contributed by atoms with Gasteiger partial charge in [0, 0.05) is 59.4 Å². The van der Waals surface area contributed by atoms with Gasteiger partial charge in [0.2, 0.25) is 15.9 Å². The number of nitrogens with one attached hydrogen (secondary N) is 1. The zero-order chi connectivity index (χ0) is 19.7. The lowest BCUT2D eigenvalue weighted by molar-refractivity contribution is -0.131. The third-order valence-corrected chi connectivity index (χ3v) is 6.68. The molecular weight excluding hydrogens is 366 g/mol. The van der Waals surface area contributed by atoms with Gasteiger partial charge in [-0.25, -0.2) is 8.42 Å². The molecular formula is C19H31N3O4S. The van der Waals surface area contributed by atoms with E-state index in [1.54, 1.807) is 24.1 Å². The number of amides is 1. The van der Waals surface area contributed by atoms with Crippen molar-refractivity contribution in [1.82, 2.24) is 14.5 Å². The van der Waals surface area contributed by atoms with Crippen LogP contribution in [-0.2, 0) is 26.0 Å². The van der Waals surface area contributed by atoms with Crippen molar-refractivity contribution in [2.45, 2.75) is 31.1 Å². The predicted octanol–water partition coefficient (Wildman–Crippen LogP) is 1.10. The summed E-state index contributed by atoms with van der Waals surface area (Å²) in [5.41, 5.74) is 1.09. The summed E-state index contributed by atoms with van der Waals surface area (Å²) in [7, 11) is -2.04. The molecule has 0 aromatic heterocycles. The first kappa shape index (κ1) is 21.8. The van der Waals surface area contributed by atoms with Crippen molar-refractivity contribution >= 4 is 15.9 Å². The highest BCUT2D eigenvalue weighted by molar-refractivity contribution is 7.89. The molecule has 1 N–H and O–H groups in total. The van der Waals surface area contributed by atoms with Crippen molar-refractivity contribution in [3.63, 3.8) is 0 Å². The summed E-state index contributed by atoms with van der Waals surface area (Å²) in [6.07, 6.45) is 1.64. The number of aryl methyl sites for hydroxylation is 1. The maximum absolute atomic E-state index is 13.1. The van der Waals surface area contributed by atoms with Gasteiger partial charge in [0.05, 0.1) is 4.90 Å². The average Bonchev–Trinajstić information content (AvgIpc) is 2.70. The number of carbonyl (C=O) groups excluding carboxylic acids is 1. The van der Waals surface area contributed by atoms with Crippen LogP contribution in [0.5, 0.6) is 0 Å². The van der Waals surface area contributed by atoms with Crippen molar-refractivity contribution in [2.24, 2.45) is 0 Å². The minimum absolute atomic E-state index is 0.00442. The molecule has 0 radical (unpaired) electrons. The monoisotopic (exact) mass is 397 g/mol. The van der Waals surface area contributed by atoms with E-state index in [0.29, 0.717) is 32.7 Å². The van der Waals surface area contributed by atoms with Crippen molar-refractivity contribution in [1.29, 1.82) is 0 Å². The zero-order valence-electron chi connectivity index (χ0n) is 16.3. The lowest BCUT2D eigenvalue weighted by Crippen LogP contribution is -2.47. The minimum atomic E-state index is -3.64. The number of piperazine rings is 1. The van der Waals surface area contributed by atoms with Crippen molar-refractivity contribution in [2.75, 3.05) is 53.0 Å². The van der Waals surface area contributed by atoms with E-state index in [0.717, 1.165) is 25.1 Å². The number of ether oxygens (including phenoxy) is 1. The molecule has 8 heteroatoms. The normalized spacial score (nSPS) is 15.3. The Labute approximate surface area is 162 Å². The maximum atomic E-state index is 13.1. The number of nitrogens with zero attached hydrogens (tertiary/aromatic N) is 2. The molecule has 0 spiro atoms. The van der Waals surface area contributed by atoms with Gasteiger partial charge in [-0.3, -0.25) is 4.79 Å². The summed E-state index contributed by atoms with van der Waals surface area (Å²) in [5.74, 6) is 0.00442. The summed E-state index contributed by atoms with van der Waals surface area (Å²) >= 11 is 0. The fourth-order valence-corrected chi connectivity index (χ4v) is 4.56.